The molecule has 32 heavy (non-hydrogen) atoms. The van der Waals surface area contributed by atoms with Gasteiger partial charge in [-0.3, -0.25) is 4.79 Å². The fourth-order valence-electron chi connectivity index (χ4n) is 3.63. The van der Waals surface area contributed by atoms with Crippen LogP contribution in [0.25, 0.3) is 10.8 Å². The number of amides is 1. The van der Waals surface area contributed by atoms with E-state index < -0.39 is 0 Å². The molecule has 1 saturated carbocycles. The minimum Gasteiger partial charge on any atom is -0.488 e. The highest BCUT2D eigenvalue weighted by Crippen LogP contribution is 2.31. The molecule has 3 aromatic rings. The Morgan fingerprint density at radius 2 is 1.94 bits per heavy atom. The highest BCUT2D eigenvalue weighted by atomic mass is 16.5. The number of nitrogens with zero attached hydrogens (tertiary/aromatic N) is 2. The number of nitrogens with one attached hydrogen (secondary N) is 2. The number of benzene rings is 1. The number of aromatic nitrogens is 2. The second kappa shape index (κ2) is 8.85. The zero-order valence-corrected chi connectivity index (χ0v) is 17.9. The third-order valence-corrected chi connectivity index (χ3v) is 5.59. The highest BCUT2D eigenvalue weighted by Gasteiger charge is 2.29. The summed E-state index contributed by atoms with van der Waals surface area (Å²) in [7, 11) is 1.82. The van der Waals surface area contributed by atoms with Gasteiger partial charge in [0.1, 0.15) is 23.5 Å². The van der Waals surface area contributed by atoms with Gasteiger partial charge < -0.3 is 20.1 Å². The Hall–Kier alpha value is -3.63. The minimum atomic E-state index is 0.0267. The van der Waals surface area contributed by atoms with Gasteiger partial charge in [0.2, 0.25) is 5.91 Å². The summed E-state index contributed by atoms with van der Waals surface area (Å²) in [5.41, 5.74) is 1.65. The molecule has 2 fully saturated rings. The van der Waals surface area contributed by atoms with Crippen LogP contribution >= 0.6 is 0 Å². The van der Waals surface area contributed by atoms with Gasteiger partial charge in [-0.1, -0.05) is 11.8 Å². The lowest BCUT2D eigenvalue weighted by Gasteiger charge is -2.11. The number of fused-ring (bicyclic) bond motifs is 1. The summed E-state index contributed by atoms with van der Waals surface area (Å²) >= 11 is 0. The van der Waals surface area contributed by atoms with Crippen molar-refractivity contribution in [2.24, 2.45) is 5.92 Å². The first-order valence-electron chi connectivity index (χ1n) is 10.8. The molecule has 3 heterocycles. The molecule has 0 spiro atoms. The topological polar surface area (TPSA) is 85.4 Å². The summed E-state index contributed by atoms with van der Waals surface area (Å²) in [6.07, 6.45) is 6.40. The molecule has 1 amide bonds. The van der Waals surface area contributed by atoms with Crippen molar-refractivity contribution in [3.63, 3.8) is 0 Å². The third kappa shape index (κ3) is 4.51. The Bertz CT molecular complexity index is 1200. The van der Waals surface area contributed by atoms with Crippen LogP contribution < -0.4 is 15.4 Å². The molecule has 0 unspecified atom stereocenters. The van der Waals surface area contributed by atoms with E-state index in [1.54, 1.807) is 12.4 Å². The predicted molar refractivity (Wildman–Crippen MR) is 123 cm³/mol. The van der Waals surface area contributed by atoms with Crippen LogP contribution in [0.1, 0.15) is 30.4 Å². The molecule has 1 aromatic carbocycles. The van der Waals surface area contributed by atoms with Crippen LogP contribution in [-0.2, 0) is 9.53 Å². The number of carbonyl (C=O) groups is 1. The number of hydrogen-bond donors (Lipinski definition) is 2. The maximum atomic E-state index is 12.1. The average molecular weight is 428 g/mol. The van der Waals surface area contributed by atoms with E-state index in [1.165, 1.54) is 0 Å². The van der Waals surface area contributed by atoms with Crippen LogP contribution in [0.5, 0.6) is 5.75 Å². The van der Waals surface area contributed by atoms with Gasteiger partial charge in [-0.15, -0.1) is 0 Å². The molecule has 0 bridgehead atoms. The second-order valence-electron chi connectivity index (χ2n) is 8.03. The van der Waals surface area contributed by atoms with Crippen LogP contribution in [0.15, 0.2) is 42.7 Å². The SMILES string of the molecule is CNc1ncc(C#Cc2ccc(O[C@H]3CCOC3)cc2)c2cc(NC(=O)C3CC3)ncc12. The summed E-state index contributed by atoms with van der Waals surface area (Å²) in [6, 6.07) is 9.61. The van der Waals surface area contributed by atoms with Gasteiger partial charge in [-0.05, 0) is 43.2 Å². The van der Waals surface area contributed by atoms with E-state index >= 15 is 0 Å². The van der Waals surface area contributed by atoms with E-state index in [2.05, 4.69) is 32.4 Å². The average Bonchev–Trinajstić information content (AvgIpc) is 3.55. The molecular weight excluding hydrogens is 404 g/mol. The fourth-order valence-corrected chi connectivity index (χ4v) is 3.63. The zero-order chi connectivity index (χ0) is 21.9. The molecule has 1 atom stereocenters. The molecule has 7 nitrogen and oxygen atoms in total. The number of hydrogen-bond acceptors (Lipinski definition) is 6. The quantitative estimate of drug-likeness (QED) is 0.604. The van der Waals surface area contributed by atoms with E-state index in [1.807, 2.05) is 37.4 Å². The monoisotopic (exact) mass is 428 g/mol. The Labute approximate surface area is 186 Å². The summed E-state index contributed by atoms with van der Waals surface area (Å²) in [4.78, 5) is 21.0. The number of anilines is 2. The van der Waals surface area contributed by atoms with Gasteiger partial charge in [0.15, 0.2) is 0 Å². The predicted octanol–water partition coefficient (Wildman–Crippen LogP) is 3.59. The highest BCUT2D eigenvalue weighted by molar-refractivity contribution is 5.99. The van der Waals surface area contributed by atoms with Crippen molar-refractivity contribution < 1.29 is 14.3 Å². The number of rotatable bonds is 5. The molecule has 2 aromatic heterocycles. The van der Waals surface area contributed by atoms with Crippen LogP contribution in [0, 0.1) is 17.8 Å². The molecule has 162 valence electrons. The summed E-state index contributed by atoms with van der Waals surface area (Å²) < 4.78 is 11.3. The van der Waals surface area contributed by atoms with Crippen LogP contribution in [0.3, 0.4) is 0 Å². The van der Waals surface area contributed by atoms with Crippen LogP contribution in [-0.4, -0.2) is 42.2 Å². The van der Waals surface area contributed by atoms with Gasteiger partial charge in [-0.2, -0.15) is 0 Å². The fraction of sp³-hybridized carbons (Fsp3) is 0.320. The molecule has 1 saturated heterocycles. The van der Waals surface area contributed by atoms with Gasteiger partial charge in [-0.25, -0.2) is 9.97 Å². The number of ether oxygens (including phenoxy) is 2. The Morgan fingerprint density at radius 3 is 2.66 bits per heavy atom. The molecule has 0 radical (unpaired) electrons. The van der Waals surface area contributed by atoms with Gasteiger partial charge in [0.05, 0.1) is 18.8 Å². The molecule has 1 aliphatic carbocycles. The van der Waals surface area contributed by atoms with E-state index in [-0.39, 0.29) is 17.9 Å². The first-order chi connectivity index (χ1) is 15.7. The van der Waals surface area contributed by atoms with Crippen molar-refractivity contribution in [2.75, 3.05) is 30.9 Å². The standard InChI is InChI=1S/C25H24N4O3/c1-26-24-22-14-27-23(29-25(30)17-6-7-17)12-21(22)18(13-28-24)5-2-16-3-8-19(9-4-16)32-20-10-11-31-15-20/h3-4,8-9,12-14,17,20H,6-7,10-11,15H2,1H3,(H,26,28)(H,27,29,30)/t20-/m0/s1. The number of pyridine rings is 2. The number of carbonyl (C=O) groups excluding carboxylic acids is 1. The molecule has 2 N–H and O–H groups in total. The largest absolute Gasteiger partial charge is 0.488 e. The van der Waals surface area contributed by atoms with Crippen molar-refractivity contribution in [1.29, 1.82) is 0 Å². The second-order valence-corrected chi connectivity index (χ2v) is 8.03. The molecule has 1 aliphatic heterocycles. The minimum absolute atomic E-state index is 0.0267. The lowest BCUT2D eigenvalue weighted by molar-refractivity contribution is -0.117. The normalized spacial score (nSPS) is 17.5. The van der Waals surface area contributed by atoms with Gasteiger partial charge >= 0.3 is 0 Å². The molecule has 7 heteroatoms. The summed E-state index contributed by atoms with van der Waals surface area (Å²) in [5.74, 6) is 8.63. The maximum absolute atomic E-state index is 12.1. The van der Waals surface area contributed by atoms with Crippen molar-refractivity contribution >= 4 is 28.3 Å². The molecular formula is C25H24N4O3. The van der Waals surface area contributed by atoms with Gasteiger partial charge in [0, 0.05) is 48.1 Å². The lowest BCUT2D eigenvalue weighted by atomic mass is 10.1. The summed E-state index contributed by atoms with van der Waals surface area (Å²) in [6.45, 7) is 1.40. The van der Waals surface area contributed by atoms with Crippen molar-refractivity contribution in [3.05, 3.63) is 53.9 Å². The van der Waals surface area contributed by atoms with E-state index in [0.717, 1.165) is 59.3 Å². The van der Waals surface area contributed by atoms with E-state index in [4.69, 9.17) is 9.47 Å². The van der Waals surface area contributed by atoms with Crippen LogP contribution in [0.2, 0.25) is 0 Å². The maximum Gasteiger partial charge on any atom is 0.228 e. The summed E-state index contributed by atoms with van der Waals surface area (Å²) in [5, 5.41) is 7.74. The zero-order valence-electron chi connectivity index (χ0n) is 17.9. The Balaban J connectivity index is 1.40. The molecule has 5 rings (SSSR count). The van der Waals surface area contributed by atoms with E-state index in [0.29, 0.717) is 12.4 Å². The van der Waals surface area contributed by atoms with E-state index in [9.17, 15) is 4.79 Å². The Morgan fingerprint density at radius 1 is 1.09 bits per heavy atom. The van der Waals surface area contributed by atoms with Crippen molar-refractivity contribution in [3.8, 4) is 17.6 Å². The third-order valence-electron chi connectivity index (χ3n) is 5.59. The Kier molecular flexibility index (Phi) is 5.61. The first-order valence-corrected chi connectivity index (χ1v) is 10.8. The molecule has 2 aliphatic rings. The van der Waals surface area contributed by atoms with Gasteiger partial charge in [0.25, 0.3) is 0 Å². The van der Waals surface area contributed by atoms with Crippen LogP contribution in [0.4, 0.5) is 11.6 Å². The van der Waals surface area contributed by atoms with Crippen molar-refractivity contribution in [2.45, 2.75) is 25.4 Å². The lowest BCUT2D eigenvalue weighted by Crippen LogP contribution is -2.15. The van der Waals surface area contributed by atoms with Crippen molar-refractivity contribution in [1.82, 2.24) is 9.97 Å². The first kappa shape index (κ1) is 20.3. The smallest absolute Gasteiger partial charge is 0.228 e.